The Hall–Kier alpha value is -2.80. The minimum absolute atomic E-state index is 0.130. The first-order chi connectivity index (χ1) is 15.9. The van der Waals surface area contributed by atoms with E-state index in [0.717, 1.165) is 17.7 Å². The van der Waals surface area contributed by atoms with E-state index < -0.39 is 0 Å². The Morgan fingerprint density at radius 3 is 2.36 bits per heavy atom. The molecule has 1 heterocycles. The standard InChI is InChI=1S/C26H32N2O4S/c1-5-27-24-12-7-19(17-23(24)25(30)28(6-2)26(27)31)16-20(29)15-18(3)13-14-32-21-8-10-22(33-4)11-9-21/h7-12,17-18H,5-6,13-16H2,1-4H3. The van der Waals surface area contributed by atoms with E-state index >= 15 is 0 Å². The second kappa shape index (κ2) is 11.4. The molecule has 176 valence electrons. The molecule has 0 saturated heterocycles. The maximum Gasteiger partial charge on any atom is 0.331 e. The highest BCUT2D eigenvalue weighted by atomic mass is 32.2. The number of fused-ring (bicyclic) bond motifs is 1. The molecule has 1 unspecified atom stereocenters. The molecule has 0 N–H and O–H groups in total. The highest BCUT2D eigenvalue weighted by Gasteiger charge is 2.14. The van der Waals surface area contributed by atoms with Crippen LogP contribution < -0.4 is 16.0 Å². The van der Waals surface area contributed by atoms with Crippen molar-refractivity contribution in [2.24, 2.45) is 5.92 Å². The van der Waals surface area contributed by atoms with Gasteiger partial charge in [-0.3, -0.25) is 18.7 Å². The van der Waals surface area contributed by atoms with E-state index in [1.54, 1.807) is 35.4 Å². The van der Waals surface area contributed by atoms with E-state index in [0.29, 0.717) is 37.0 Å². The third-order valence-electron chi connectivity index (χ3n) is 5.84. The second-order valence-corrected chi connectivity index (χ2v) is 9.14. The molecule has 2 aromatic carbocycles. The van der Waals surface area contributed by atoms with Crippen molar-refractivity contribution in [3.8, 4) is 5.75 Å². The first-order valence-electron chi connectivity index (χ1n) is 11.4. The first-order valence-corrected chi connectivity index (χ1v) is 12.6. The lowest BCUT2D eigenvalue weighted by atomic mass is 9.97. The Kier molecular flexibility index (Phi) is 8.55. The van der Waals surface area contributed by atoms with Crippen molar-refractivity contribution >= 4 is 28.4 Å². The number of Topliss-reactive ketones (excluding diaryl/α,β-unsaturated/α-hetero) is 1. The van der Waals surface area contributed by atoms with Crippen molar-refractivity contribution in [2.75, 3.05) is 12.9 Å². The van der Waals surface area contributed by atoms with Crippen LogP contribution in [0.2, 0.25) is 0 Å². The lowest BCUT2D eigenvalue weighted by Gasteiger charge is -2.13. The fourth-order valence-corrected chi connectivity index (χ4v) is 4.41. The number of nitrogens with zero attached hydrogens (tertiary/aromatic N) is 2. The third-order valence-corrected chi connectivity index (χ3v) is 6.58. The van der Waals surface area contributed by atoms with Gasteiger partial charge in [-0.15, -0.1) is 11.8 Å². The molecule has 0 radical (unpaired) electrons. The topological polar surface area (TPSA) is 70.3 Å². The molecule has 33 heavy (non-hydrogen) atoms. The Labute approximate surface area is 198 Å². The number of benzene rings is 2. The zero-order chi connectivity index (χ0) is 24.0. The highest BCUT2D eigenvalue weighted by molar-refractivity contribution is 7.98. The zero-order valence-corrected chi connectivity index (χ0v) is 20.6. The Bertz CT molecular complexity index is 1230. The summed E-state index contributed by atoms with van der Waals surface area (Å²) in [6.45, 7) is 7.08. The molecule has 0 bridgehead atoms. The lowest BCUT2D eigenvalue weighted by molar-refractivity contribution is -0.119. The monoisotopic (exact) mass is 468 g/mol. The van der Waals surface area contributed by atoms with Gasteiger partial charge in [0.2, 0.25) is 0 Å². The van der Waals surface area contributed by atoms with Crippen LogP contribution in [0.5, 0.6) is 5.75 Å². The predicted octanol–water partition coefficient (Wildman–Crippen LogP) is 4.53. The summed E-state index contributed by atoms with van der Waals surface area (Å²) in [5.74, 6) is 1.17. The van der Waals surface area contributed by atoms with Gasteiger partial charge in [-0.05, 0) is 74.4 Å². The van der Waals surface area contributed by atoms with E-state index in [1.165, 1.54) is 9.46 Å². The van der Waals surface area contributed by atoms with Gasteiger partial charge in [-0.2, -0.15) is 0 Å². The SMILES string of the molecule is CCn1c(=O)c2cc(CC(=O)CC(C)CCOc3ccc(SC)cc3)ccc2n(CC)c1=O. The van der Waals surface area contributed by atoms with Gasteiger partial charge in [0.1, 0.15) is 11.5 Å². The van der Waals surface area contributed by atoms with Crippen LogP contribution in [0.4, 0.5) is 0 Å². The number of carbonyl (C=O) groups is 1. The van der Waals surface area contributed by atoms with Gasteiger partial charge in [0, 0.05) is 30.8 Å². The number of rotatable bonds is 11. The molecule has 0 amide bonds. The summed E-state index contributed by atoms with van der Waals surface area (Å²) in [6.07, 6.45) is 3.56. The number of carbonyl (C=O) groups excluding carboxylic acids is 1. The van der Waals surface area contributed by atoms with Crippen molar-refractivity contribution in [1.82, 2.24) is 9.13 Å². The van der Waals surface area contributed by atoms with Crippen LogP contribution in [0.25, 0.3) is 10.9 Å². The third kappa shape index (κ3) is 5.96. The molecule has 6 nitrogen and oxygen atoms in total. The number of hydrogen-bond acceptors (Lipinski definition) is 5. The first kappa shape index (κ1) is 24.8. The lowest BCUT2D eigenvalue weighted by Crippen LogP contribution is -2.39. The number of hydrogen-bond donors (Lipinski definition) is 0. The van der Waals surface area contributed by atoms with Crippen LogP contribution in [0.1, 0.15) is 39.2 Å². The normalized spacial score (nSPS) is 12.1. The average molecular weight is 469 g/mol. The molecule has 0 fully saturated rings. The van der Waals surface area contributed by atoms with Crippen molar-refractivity contribution in [3.63, 3.8) is 0 Å². The Morgan fingerprint density at radius 1 is 1.03 bits per heavy atom. The van der Waals surface area contributed by atoms with E-state index in [-0.39, 0.29) is 29.4 Å². The number of ether oxygens (including phenoxy) is 1. The fraction of sp³-hybridized carbons (Fsp3) is 0.423. The van der Waals surface area contributed by atoms with Crippen molar-refractivity contribution in [1.29, 1.82) is 0 Å². The highest BCUT2D eigenvalue weighted by Crippen LogP contribution is 2.20. The number of aryl methyl sites for hydroxylation is 1. The van der Waals surface area contributed by atoms with Crippen LogP contribution in [-0.2, 0) is 24.3 Å². The van der Waals surface area contributed by atoms with Gasteiger partial charge in [0.25, 0.3) is 5.56 Å². The van der Waals surface area contributed by atoms with E-state index in [1.807, 2.05) is 43.5 Å². The maximum atomic E-state index is 12.8. The Morgan fingerprint density at radius 2 is 1.73 bits per heavy atom. The molecule has 1 atom stereocenters. The molecule has 0 spiro atoms. The van der Waals surface area contributed by atoms with Crippen molar-refractivity contribution in [3.05, 3.63) is 68.9 Å². The van der Waals surface area contributed by atoms with Gasteiger partial charge < -0.3 is 4.74 Å². The fourth-order valence-electron chi connectivity index (χ4n) is 4.01. The molecule has 3 rings (SSSR count). The molecule has 0 aliphatic heterocycles. The molecular weight excluding hydrogens is 436 g/mol. The molecule has 7 heteroatoms. The minimum atomic E-state index is -0.299. The summed E-state index contributed by atoms with van der Waals surface area (Å²) in [4.78, 5) is 39.2. The molecule has 0 saturated carbocycles. The van der Waals surface area contributed by atoms with Gasteiger partial charge in [0.05, 0.1) is 17.5 Å². The summed E-state index contributed by atoms with van der Waals surface area (Å²) in [6, 6.07) is 13.4. The van der Waals surface area contributed by atoms with Gasteiger partial charge in [-0.25, -0.2) is 4.79 Å². The number of ketones is 1. The largest absolute Gasteiger partial charge is 0.494 e. The van der Waals surface area contributed by atoms with Crippen LogP contribution in [0.3, 0.4) is 0 Å². The van der Waals surface area contributed by atoms with Crippen molar-refractivity contribution < 1.29 is 9.53 Å². The molecular formula is C26H32N2O4S. The summed E-state index contributed by atoms with van der Waals surface area (Å²) in [5.41, 5.74) is 0.820. The maximum absolute atomic E-state index is 12.8. The summed E-state index contributed by atoms with van der Waals surface area (Å²) in [5, 5.41) is 0.484. The Balaban J connectivity index is 1.61. The molecule has 0 aliphatic rings. The van der Waals surface area contributed by atoms with Crippen LogP contribution in [0.15, 0.2) is 56.9 Å². The minimum Gasteiger partial charge on any atom is -0.494 e. The number of thioether (sulfide) groups is 1. The van der Waals surface area contributed by atoms with Gasteiger partial charge in [0.15, 0.2) is 0 Å². The van der Waals surface area contributed by atoms with Crippen LogP contribution in [-0.4, -0.2) is 27.8 Å². The average Bonchev–Trinajstić information content (AvgIpc) is 2.80. The molecule has 1 aromatic heterocycles. The van der Waals surface area contributed by atoms with Crippen LogP contribution >= 0.6 is 11.8 Å². The summed E-state index contributed by atoms with van der Waals surface area (Å²) in [7, 11) is 0. The predicted molar refractivity (Wildman–Crippen MR) is 135 cm³/mol. The molecule has 0 aliphatic carbocycles. The van der Waals surface area contributed by atoms with E-state index in [9.17, 15) is 14.4 Å². The number of aromatic nitrogens is 2. The molecule has 3 aromatic rings. The second-order valence-electron chi connectivity index (χ2n) is 8.27. The van der Waals surface area contributed by atoms with Gasteiger partial charge in [-0.1, -0.05) is 13.0 Å². The zero-order valence-electron chi connectivity index (χ0n) is 19.8. The van der Waals surface area contributed by atoms with Crippen LogP contribution in [0, 0.1) is 5.92 Å². The quantitative estimate of drug-likeness (QED) is 0.387. The van der Waals surface area contributed by atoms with Crippen molar-refractivity contribution in [2.45, 2.75) is 58.0 Å². The smallest absolute Gasteiger partial charge is 0.331 e. The summed E-state index contributed by atoms with van der Waals surface area (Å²) < 4.78 is 8.65. The van der Waals surface area contributed by atoms with Gasteiger partial charge >= 0.3 is 5.69 Å². The van der Waals surface area contributed by atoms with E-state index in [4.69, 9.17) is 4.74 Å². The summed E-state index contributed by atoms with van der Waals surface area (Å²) >= 11 is 1.69. The van der Waals surface area contributed by atoms with E-state index in [2.05, 4.69) is 6.92 Å².